The fraction of sp³-hybridized carbons (Fsp3) is 0.543. The highest BCUT2D eigenvalue weighted by atomic mass is 32.2. The van der Waals surface area contributed by atoms with Crippen LogP contribution in [0.25, 0.3) is 0 Å². The minimum absolute atomic E-state index is 0.0156. The van der Waals surface area contributed by atoms with Crippen LogP contribution in [0.1, 0.15) is 74.2 Å². The summed E-state index contributed by atoms with van der Waals surface area (Å²) in [6.07, 6.45) is 2.55. The Morgan fingerprint density at radius 3 is 2.32 bits per heavy atom. The van der Waals surface area contributed by atoms with Crippen LogP contribution in [-0.4, -0.2) is 142 Å². The molecule has 17 nitrogen and oxygen atoms in total. The second kappa shape index (κ2) is 22.6. The van der Waals surface area contributed by atoms with Gasteiger partial charge in [0.1, 0.15) is 17.4 Å². The van der Waals surface area contributed by atoms with Gasteiger partial charge in [-0.3, -0.25) is 33.7 Å². The number of pyridine rings is 2. The smallest absolute Gasteiger partial charge is 0.417 e. The maximum atomic E-state index is 14.4. The Kier molecular flexibility index (Phi) is 16.6. The van der Waals surface area contributed by atoms with Crippen molar-refractivity contribution in [1.82, 2.24) is 39.6 Å². The fourth-order valence-electron chi connectivity index (χ4n) is 8.94. The van der Waals surface area contributed by atoms with Crippen molar-refractivity contribution in [3.05, 3.63) is 76.1 Å². The highest BCUT2D eigenvalue weighted by Crippen LogP contribution is 2.37. The summed E-state index contributed by atoms with van der Waals surface area (Å²) in [6.45, 7) is 7.41. The molecule has 5 heterocycles. The molecule has 4 fully saturated rings. The number of ether oxygens (including phenoxy) is 2. The van der Waals surface area contributed by atoms with Crippen LogP contribution in [0.3, 0.4) is 0 Å². The van der Waals surface area contributed by atoms with Crippen molar-refractivity contribution in [2.24, 2.45) is 11.8 Å². The molecular weight excluding hydrogens is 915 g/mol. The first-order valence-electron chi connectivity index (χ1n) is 22.9. The van der Waals surface area contributed by atoms with Gasteiger partial charge in [-0.15, -0.1) is 0 Å². The lowest BCUT2D eigenvalue weighted by molar-refractivity contribution is -0.138. The average Bonchev–Trinajstić information content (AvgIpc) is 3.66. The lowest BCUT2D eigenvalue weighted by Gasteiger charge is -2.42. The monoisotopic (exact) mass is 971 g/mol. The number of rotatable bonds is 16. The maximum absolute atomic E-state index is 14.4. The topological polar surface area (TPSA) is 199 Å². The summed E-state index contributed by atoms with van der Waals surface area (Å²) in [5.41, 5.74) is -2.36. The van der Waals surface area contributed by atoms with E-state index < -0.39 is 52.4 Å². The van der Waals surface area contributed by atoms with Gasteiger partial charge in [-0.1, -0.05) is 11.9 Å². The number of carbonyl (C=O) groups is 5. The van der Waals surface area contributed by atoms with Gasteiger partial charge in [0.25, 0.3) is 5.91 Å². The van der Waals surface area contributed by atoms with Crippen LogP contribution < -0.4 is 31.0 Å². The van der Waals surface area contributed by atoms with Gasteiger partial charge in [0.2, 0.25) is 35.1 Å². The second-order valence-electron chi connectivity index (χ2n) is 17.7. The first-order valence-corrected chi connectivity index (χ1v) is 23.8. The number of aromatic nitrogens is 2. The van der Waals surface area contributed by atoms with Crippen LogP contribution in [0.4, 0.5) is 23.2 Å². The number of H-pyrrole nitrogens is 1. The number of hydrogen-bond donors (Lipinski definition) is 4. The van der Waals surface area contributed by atoms with Gasteiger partial charge < -0.3 is 40.2 Å². The molecule has 3 aromatic rings. The Hall–Kier alpha value is -5.74. The fourth-order valence-corrected chi connectivity index (χ4v) is 10.2. The molecule has 4 N–H and O–H groups in total. The molecule has 4 aliphatic rings. The molecule has 0 bridgehead atoms. The molecule has 3 saturated heterocycles. The van der Waals surface area contributed by atoms with Gasteiger partial charge in [-0.2, -0.15) is 13.2 Å². The Morgan fingerprint density at radius 1 is 0.912 bits per heavy atom. The Balaban J connectivity index is 0.792. The van der Waals surface area contributed by atoms with Crippen molar-refractivity contribution in [3.63, 3.8) is 0 Å². The third-order valence-corrected chi connectivity index (χ3v) is 14.2. The number of amides is 5. The lowest BCUT2D eigenvalue weighted by Crippen LogP contribution is -2.52. The number of halogens is 4. The number of hydrogen-bond acceptors (Lipinski definition) is 12. The number of aromatic amines is 1. The number of carbonyl (C=O) groups excluding carboxylic acids is 5. The number of nitrogens with zero attached hydrogens (tertiary/aromatic N) is 5. The number of benzene rings is 1. The summed E-state index contributed by atoms with van der Waals surface area (Å²) in [6, 6.07) is 5.96. The maximum Gasteiger partial charge on any atom is 0.417 e. The van der Waals surface area contributed by atoms with E-state index in [4.69, 9.17) is 9.47 Å². The Morgan fingerprint density at radius 2 is 1.65 bits per heavy atom. The van der Waals surface area contributed by atoms with Gasteiger partial charge >= 0.3 is 6.18 Å². The first-order chi connectivity index (χ1) is 32.5. The van der Waals surface area contributed by atoms with Crippen LogP contribution in [0.15, 0.2) is 53.6 Å². The van der Waals surface area contributed by atoms with E-state index in [9.17, 15) is 46.3 Å². The highest BCUT2D eigenvalue weighted by molar-refractivity contribution is 7.97. The quantitative estimate of drug-likeness (QED) is 0.0882. The predicted molar refractivity (Wildman–Crippen MR) is 243 cm³/mol. The number of anilines is 1. The molecule has 368 valence electrons. The van der Waals surface area contributed by atoms with Crippen molar-refractivity contribution < 1.29 is 51.0 Å². The zero-order valence-corrected chi connectivity index (χ0v) is 38.8. The SMILES string of the molecule is CC(NC(=O)C1CC(=O)N(C)C1)C(=O)N1CCC(SN2CCN(C3CCC(C(=O)NCCCOc4cc(F)ccc4Oc4ncc(C(F)(F)F)cc4C(=O)Nc4cc[nH]c(=O)c4)CC3)CC2)CC1. The average molecular weight is 972 g/mol. The van der Waals surface area contributed by atoms with Gasteiger partial charge in [-0.05, 0) is 76.1 Å². The molecule has 22 heteroatoms. The van der Waals surface area contributed by atoms with Crippen molar-refractivity contribution in [1.29, 1.82) is 0 Å². The van der Waals surface area contributed by atoms with Crippen molar-refractivity contribution in [3.8, 4) is 17.4 Å². The molecule has 2 unspecified atom stereocenters. The number of likely N-dealkylation sites (tertiary alicyclic amines) is 2. The number of piperazine rings is 1. The predicted octanol–water partition coefficient (Wildman–Crippen LogP) is 4.66. The molecule has 3 aliphatic heterocycles. The van der Waals surface area contributed by atoms with Crippen LogP contribution in [0, 0.1) is 17.7 Å². The summed E-state index contributed by atoms with van der Waals surface area (Å²) in [5.74, 6) is -3.47. The van der Waals surface area contributed by atoms with Crippen LogP contribution in [0.2, 0.25) is 0 Å². The molecule has 5 amide bonds. The summed E-state index contributed by atoms with van der Waals surface area (Å²) < 4.78 is 69.1. The number of nitrogens with one attached hydrogen (secondary N) is 4. The molecule has 1 saturated carbocycles. The molecule has 0 spiro atoms. The molecule has 1 aromatic carbocycles. The third kappa shape index (κ3) is 13.3. The third-order valence-electron chi connectivity index (χ3n) is 12.8. The van der Waals surface area contributed by atoms with E-state index in [1.54, 1.807) is 14.0 Å². The molecule has 2 aromatic heterocycles. The number of alkyl halides is 3. The summed E-state index contributed by atoms with van der Waals surface area (Å²) in [4.78, 5) is 87.6. The van der Waals surface area contributed by atoms with E-state index in [2.05, 4.69) is 35.1 Å². The Labute approximate surface area is 395 Å². The van der Waals surface area contributed by atoms with E-state index in [0.29, 0.717) is 49.6 Å². The summed E-state index contributed by atoms with van der Waals surface area (Å²) in [7, 11) is 1.67. The minimum Gasteiger partial charge on any atom is -0.489 e. The van der Waals surface area contributed by atoms with Gasteiger partial charge in [-0.25, -0.2) is 13.7 Å². The normalized spacial score (nSPS) is 21.3. The molecule has 1 aliphatic carbocycles. The van der Waals surface area contributed by atoms with Crippen LogP contribution in [-0.2, 0) is 25.4 Å². The van der Waals surface area contributed by atoms with Crippen molar-refractivity contribution >= 4 is 47.2 Å². The lowest BCUT2D eigenvalue weighted by atomic mass is 9.84. The largest absolute Gasteiger partial charge is 0.489 e. The second-order valence-corrected chi connectivity index (χ2v) is 19.1. The molecule has 7 rings (SSSR count). The highest BCUT2D eigenvalue weighted by Gasteiger charge is 2.37. The molecule has 2 atom stereocenters. The van der Waals surface area contributed by atoms with E-state index in [0.717, 1.165) is 82.9 Å². The van der Waals surface area contributed by atoms with Gasteiger partial charge in [0, 0.05) is 113 Å². The molecular formula is C46H57F4N9O8S. The zero-order valence-electron chi connectivity index (χ0n) is 37.9. The van der Waals surface area contributed by atoms with E-state index in [1.165, 1.54) is 23.2 Å². The standard InChI is InChI=1S/C46H57F4N9O8S/c1-28(54-42(63)30-22-40(61)56(2)27-30)45(65)58-15-11-35(12-16-58)68-59-19-17-57(18-20-59)34-7-4-29(5-8-34)41(62)52-13-3-21-66-38-24-32(47)6-9-37(38)67-44-36(23-31(26-53-44)46(48,49)50)43(64)55-33-10-14-51-39(60)25-33/h6,9-10,14,23-26,28-30,34-35H,3-5,7-8,11-13,15-22,27H2,1-2H3,(H,52,62)(H,54,63)(H2,51,55,60,64). The van der Waals surface area contributed by atoms with Gasteiger partial charge in [0.05, 0.1) is 18.1 Å². The van der Waals surface area contributed by atoms with E-state index in [-0.39, 0.29) is 66.3 Å². The minimum atomic E-state index is -4.84. The number of piperidine rings is 1. The Bertz CT molecular complexity index is 2350. The van der Waals surface area contributed by atoms with Crippen molar-refractivity contribution in [2.75, 3.05) is 71.3 Å². The molecule has 68 heavy (non-hydrogen) atoms. The van der Waals surface area contributed by atoms with E-state index in [1.807, 2.05) is 16.8 Å². The van der Waals surface area contributed by atoms with Crippen LogP contribution in [0.5, 0.6) is 17.4 Å². The van der Waals surface area contributed by atoms with Gasteiger partial charge in [0.15, 0.2) is 11.5 Å². The van der Waals surface area contributed by atoms with Crippen molar-refractivity contribution in [2.45, 2.75) is 81.8 Å². The van der Waals surface area contributed by atoms with E-state index >= 15 is 0 Å². The van der Waals surface area contributed by atoms with Crippen LogP contribution >= 0.6 is 11.9 Å². The zero-order chi connectivity index (χ0) is 48.5. The summed E-state index contributed by atoms with van der Waals surface area (Å²) >= 11 is 1.88. The summed E-state index contributed by atoms with van der Waals surface area (Å²) in [5, 5.41) is 8.56. The first kappa shape index (κ1) is 50.1. The molecule has 0 radical (unpaired) electrons.